The highest BCUT2D eigenvalue weighted by atomic mass is 16.5. The van der Waals surface area contributed by atoms with Crippen LogP contribution in [0.4, 0.5) is 0 Å². The summed E-state index contributed by atoms with van der Waals surface area (Å²) in [6, 6.07) is 0. The second-order valence-corrected chi connectivity index (χ2v) is 12.6. The second-order valence-electron chi connectivity index (χ2n) is 12.6. The van der Waals surface area contributed by atoms with Gasteiger partial charge in [0.2, 0.25) is 0 Å². The van der Waals surface area contributed by atoms with Gasteiger partial charge in [0.25, 0.3) is 0 Å². The van der Waals surface area contributed by atoms with Crippen LogP contribution in [0.1, 0.15) is 85.5 Å². The molecule has 4 aliphatic carbocycles. The Labute approximate surface area is 196 Å². The molecule has 0 amide bonds. The quantitative estimate of drug-likeness (QED) is 0.336. The molecule has 176 valence electrons. The van der Waals surface area contributed by atoms with E-state index in [1.165, 1.54) is 29.6 Å². The molecule has 2 heteroatoms. The van der Waals surface area contributed by atoms with E-state index in [2.05, 4.69) is 53.5 Å². The van der Waals surface area contributed by atoms with E-state index in [-0.39, 0.29) is 17.3 Å². The number of rotatable bonds is 3. The molecule has 4 rings (SSSR count). The topological polar surface area (TPSA) is 26.3 Å². The van der Waals surface area contributed by atoms with Gasteiger partial charge in [-0.1, -0.05) is 64.7 Å². The Balaban J connectivity index is 1.40. The zero-order valence-corrected chi connectivity index (χ0v) is 21.0. The number of hydrogen-bond donors (Lipinski definition) is 0. The predicted octanol–water partition coefficient (Wildman–Crippen LogP) is 7.62. The van der Waals surface area contributed by atoms with Gasteiger partial charge in [-0.15, -0.1) is 0 Å². The average molecular weight is 437 g/mol. The maximum atomic E-state index is 13.1. The van der Waals surface area contributed by atoms with Gasteiger partial charge in [0.15, 0.2) is 5.78 Å². The van der Waals surface area contributed by atoms with Crippen LogP contribution in [-0.2, 0) is 9.53 Å². The van der Waals surface area contributed by atoms with Crippen LogP contribution >= 0.6 is 0 Å². The van der Waals surface area contributed by atoms with Crippen molar-refractivity contribution in [2.75, 3.05) is 6.61 Å². The van der Waals surface area contributed by atoms with Gasteiger partial charge in [-0.25, -0.2) is 0 Å². The highest BCUT2D eigenvalue weighted by Gasteiger charge is 2.50. The summed E-state index contributed by atoms with van der Waals surface area (Å²) in [6.45, 7) is 23.0. The number of ketones is 1. The van der Waals surface area contributed by atoms with E-state index in [1.807, 2.05) is 0 Å². The largest absolute Gasteiger partial charge is 0.369 e. The van der Waals surface area contributed by atoms with Crippen LogP contribution in [0.15, 0.2) is 48.1 Å². The number of ether oxygens (including phenoxy) is 1. The van der Waals surface area contributed by atoms with Crippen LogP contribution in [0.2, 0.25) is 0 Å². The maximum Gasteiger partial charge on any atom is 0.161 e. The van der Waals surface area contributed by atoms with Crippen molar-refractivity contribution in [1.29, 1.82) is 0 Å². The van der Waals surface area contributed by atoms with Crippen molar-refractivity contribution in [2.45, 2.75) is 91.6 Å². The maximum absolute atomic E-state index is 13.1. The van der Waals surface area contributed by atoms with Gasteiger partial charge in [0.1, 0.15) is 0 Å². The van der Waals surface area contributed by atoms with Gasteiger partial charge in [-0.3, -0.25) is 4.79 Å². The summed E-state index contributed by atoms with van der Waals surface area (Å²) in [4.78, 5) is 13.1. The van der Waals surface area contributed by atoms with E-state index in [1.54, 1.807) is 0 Å². The Morgan fingerprint density at radius 3 is 2.19 bits per heavy atom. The van der Waals surface area contributed by atoms with E-state index < -0.39 is 0 Å². The third-order valence-corrected chi connectivity index (χ3v) is 9.54. The molecular weight excluding hydrogens is 392 g/mol. The van der Waals surface area contributed by atoms with Gasteiger partial charge in [0, 0.05) is 12.0 Å². The third kappa shape index (κ3) is 4.49. The lowest BCUT2D eigenvalue weighted by molar-refractivity contribution is -0.121. The van der Waals surface area contributed by atoms with E-state index >= 15 is 0 Å². The van der Waals surface area contributed by atoms with Crippen molar-refractivity contribution in [1.82, 2.24) is 0 Å². The second kappa shape index (κ2) is 8.75. The van der Waals surface area contributed by atoms with Gasteiger partial charge in [-0.2, -0.15) is 0 Å². The van der Waals surface area contributed by atoms with Crippen LogP contribution < -0.4 is 0 Å². The summed E-state index contributed by atoms with van der Waals surface area (Å²) in [7, 11) is 0. The molecule has 0 saturated heterocycles. The van der Waals surface area contributed by atoms with Crippen molar-refractivity contribution in [3.8, 4) is 0 Å². The zero-order chi connectivity index (χ0) is 23.3. The van der Waals surface area contributed by atoms with Crippen LogP contribution in [0.25, 0.3) is 0 Å². The molecule has 3 saturated carbocycles. The minimum atomic E-state index is -0.184. The molecule has 0 aliphatic heterocycles. The first-order valence-electron chi connectivity index (χ1n) is 12.9. The smallest absolute Gasteiger partial charge is 0.161 e. The normalized spacial score (nSPS) is 38.8. The van der Waals surface area contributed by atoms with Crippen molar-refractivity contribution in [3.63, 3.8) is 0 Å². The summed E-state index contributed by atoms with van der Waals surface area (Å²) < 4.78 is 6.43. The van der Waals surface area contributed by atoms with Crippen LogP contribution in [0.5, 0.6) is 0 Å². The Morgan fingerprint density at radius 1 is 0.906 bits per heavy atom. The van der Waals surface area contributed by atoms with Crippen LogP contribution in [0.3, 0.4) is 0 Å². The molecule has 0 heterocycles. The van der Waals surface area contributed by atoms with Crippen molar-refractivity contribution < 1.29 is 9.53 Å². The molecular formula is C30H44O2. The fraction of sp³-hybridized carbons (Fsp3) is 0.700. The van der Waals surface area contributed by atoms with Gasteiger partial charge >= 0.3 is 0 Å². The van der Waals surface area contributed by atoms with Gasteiger partial charge < -0.3 is 4.74 Å². The number of hydrogen-bond acceptors (Lipinski definition) is 2. The lowest BCUT2D eigenvalue weighted by atomic mass is 9.52. The summed E-state index contributed by atoms with van der Waals surface area (Å²) in [6.07, 6.45) is 11.4. The van der Waals surface area contributed by atoms with E-state index in [9.17, 15) is 4.79 Å². The summed E-state index contributed by atoms with van der Waals surface area (Å²) in [5.74, 6) is 2.54. The van der Waals surface area contributed by atoms with E-state index in [0.717, 1.165) is 44.4 Å². The van der Waals surface area contributed by atoms with Crippen molar-refractivity contribution in [3.05, 3.63) is 48.1 Å². The third-order valence-electron chi connectivity index (χ3n) is 9.54. The molecule has 0 aromatic rings. The first-order chi connectivity index (χ1) is 15.0. The van der Waals surface area contributed by atoms with Gasteiger partial charge in [-0.05, 0) is 91.4 Å². The minimum absolute atomic E-state index is 0.184. The van der Waals surface area contributed by atoms with E-state index in [0.29, 0.717) is 41.8 Å². The molecule has 0 N–H and O–H groups in total. The Bertz CT molecular complexity index is 839. The summed E-state index contributed by atoms with van der Waals surface area (Å²) in [5.41, 5.74) is 5.47. The number of allylic oxidation sites excluding steroid dienone is 3. The number of fused-ring (bicyclic) bond motifs is 2. The number of carbonyl (C=O) groups excluding carboxylic acids is 1. The Kier molecular flexibility index (Phi) is 6.49. The summed E-state index contributed by atoms with van der Waals surface area (Å²) in [5, 5.41) is 0. The van der Waals surface area contributed by atoms with E-state index in [4.69, 9.17) is 4.74 Å². The molecule has 0 radical (unpaired) electrons. The summed E-state index contributed by atoms with van der Waals surface area (Å²) >= 11 is 0. The van der Waals surface area contributed by atoms with Gasteiger partial charge in [0.05, 0.1) is 12.7 Å². The SMILES string of the molecule is C=C1CC/C=C(\CO[C@@H]2CCC(=C)[C@H]3CC(C)(C)[C@@H]3CC(=O)C2=C)CC[C@@H]2[C@@H]1CC2(C)C. The molecule has 0 aromatic carbocycles. The molecule has 5 atom stereocenters. The highest BCUT2D eigenvalue weighted by molar-refractivity contribution is 5.96. The lowest BCUT2D eigenvalue weighted by Crippen LogP contribution is -2.45. The standard InChI is InChI=1S/C30H44O2/c1-19-9-8-10-22(12-13-25-23(19)16-29(25,4)5)18-32-28-14-11-20(2)24-17-30(6,7)26(24)15-27(31)21(28)3/h10,23-26,28H,1-3,8-9,11-18H2,4-7H3/b22-10-/t23-,24-,25-,26-,28-/m1/s1. The molecule has 2 nitrogen and oxygen atoms in total. The first kappa shape index (κ1) is 23.7. The molecule has 0 aromatic heterocycles. The number of carbonyl (C=O) groups is 1. The monoisotopic (exact) mass is 436 g/mol. The Morgan fingerprint density at radius 2 is 1.53 bits per heavy atom. The first-order valence-corrected chi connectivity index (χ1v) is 12.9. The highest BCUT2D eigenvalue weighted by Crippen LogP contribution is 2.57. The molecule has 0 unspecified atom stereocenters. The van der Waals surface area contributed by atoms with Crippen molar-refractivity contribution in [2.24, 2.45) is 34.5 Å². The van der Waals surface area contributed by atoms with Crippen LogP contribution in [0, 0.1) is 34.5 Å². The molecule has 0 bridgehead atoms. The molecule has 32 heavy (non-hydrogen) atoms. The molecule has 3 fully saturated rings. The molecule has 0 spiro atoms. The van der Waals surface area contributed by atoms with Crippen molar-refractivity contribution >= 4 is 5.78 Å². The zero-order valence-electron chi connectivity index (χ0n) is 21.0. The molecule has 4 aliphatic rings. The predicted molar refractivity (Wildman–Crippen MR) is 133 cm³/mol. The Hall–Kier alpha value is -1.41. The lowest BCUT2D eigenvalue weighted by Gasteiger charge is -2.53. The van der Waals surface area contributed by atoms with Crippen LogP contribution in [-0.4, -0.2) is 18.5 Å². The fourth-order valence-electron chi connectivity index (χ4n) is 7.16. The number of Topliss-reactive ketones (excluding diaryl/α,β-unsaturated/α-hetero) is 1. The minimum Gasteiger partial charge on any atom is -0.369 e. The average Bonchev–Trinajstić information content (AvgIpc) is 2.80. The fourth-order valence-corrected chi connectivity index (χ4v) is 7.16.